The highest BCUT2D eigenvalue weighted by atomic mass is 19.1. The Balaban J connectivity index is 1.33. The van der Waals surface area contributed by atoms with E-state index in [2.05, 4.69) is 13.8 Å². The topological polar surface area (TPSA) is 44.8 Å². The highest BCUT2D eigenvalue weighted by Crippen LogP contribution is 2.36. The summed E-state index contributed by atoms with van der Waals surface area (Å²) >= 11 is 0. The number of ether oxygens (including phenoxy) is 3. The number of benzene rings is 2. The molecular weight excluding hydrogens is 527 g/mol. The molecule has 0 N–H and O–H groups in total. The van der Waals surface area contributed by atoms with E-state index in [9.17, 15) is 9.18 Å². The van der Waals surface area contributed by atoms with Crippen molar-refractivity contribution in [3.8, 4) is 17.2 Å². The third kappa shape index (κ3) is 12.8. The van der Waals surface area contributed by atoms with Crippen LogP contribution in [0.4, 0.5) is 4.39 Å². The molecule has 4 nitrogen and oxygen atoms in total. The number of hydrogen-bond donors (Lipinski definition) is 0. The van der Waals surface area contributed by atoms with Crippen LogP contribution in [0.1, 0.15) is 140 Å². The molecule has 0 aliphatic heterocycles. The molecule has 1 fully saturated rings. The largest absolute Gasteiger partial charge is 0.494 e. The fourth-order valence-corrected chi connectivity index (χ4v) is 6.17. The van der Waals surface area contributed by atoms with E-state index in [-0.39, 0.29) is 11.3 Å². The average Bonchev–Trinajstić information content (AvgIpc) is 3.00. The van der Waals surface area contributed by atoms with Crippen molar-refractivity contribution >= 4 is 5.97 Å². The summed E-state index contributed by atoms with van der Waals surface area (Å²) < 4.78 is 31.6. The van der Waals surface area contributed by atoms with Gasteiger partial charge in [-0.05, 0) is 73.6 Å². The van der Waals surface area contributed by atoms with Crippen molar-refractivity contribution in [1.29, 1.82) is 0 Å². The van der Waals surface area contributed by atoms with Crippen LogP contribution >= 0.6 is 0 Å². The summed E-state index contributed by atoms with van der Waals surface area (Å²) in [4.78, 5) is 12.6. The highest BCUT2D eigenvalue weighted by Gasteiger charge is 2.24. The lowest BCUT2D eigenvalue weighted by atomic mass is 9.74. The Labute approximate surface area is 254 Å². The third-order valence-electron chi connectivity index (χ3n) is 8.69. The van der Waals surface area contributed by atoms with Gasteiger partial charge in [0, 0.05) is 0 Å². The van der Waals surface area contributed by atoms with E-state index in [0.29, 0.717) is 19.0 Å². The molecule has 0 bridgehead atoms. The molecule has 42 heavy (non-hydrogen) atoms. The van der Waals surface area contributed by atoms with Crippen LogP contribution < -0.4 is 14.2 Å². The fraction of sp³-hybridized carbons (Fsp3) is 0.649. The second-order valence-electron chi connectivity index (χ2n) is 12.1. The van der Waals surface area contributed by atoms with Gasteiger partial charge in [-0.15, -0.1) is 0 Å². The average molecular weight is 583 g/mol. The first kappa shape index (κ1) is 33.9. The highest BCUT2D eigenvalue weighted by molar-refractivity contribution is 5.91. The lowest BCUT2D eigenvalue weighted by Crippen LogP contribution is -2.20. The fourth-order valence-electron chi connectivity index (χ4n) is 6.17. The van der Waals surface area contributed by atoms with Crippen molar-refractivity contribution in [2.75, 3.05) is 13.2 Å². The second kappa shape index (κ2) is 20.4. The molecular formula is C37H55FO4. The Kier molecular flexibility index (Phi) is 16.5. The molecule has 1 aliphatic rings. The van der Waals surface area contributed by atoms with Gasteiger partial charge in [0.25, 0.3) is 0 Å². The predicted molar refractivity (Wildman–Crippen MR) is 170 cm³/mol. The molecule has 0 aromatic heterocycles. The number of esters is 1. The van der Waals surface area contributed by atoms with Gasteiger partial charge >= 0.3 is 5.97 Å². The lowest BCUT2D eigenvalue weighted by molar-refractivity contribution is 0.0734. The minimum Gasteiger partial charge on any atom is -0.494 e. The zero-order chi connectivity index (χ0) is 29.8. The van der Waals surface area contributed by atoms with E-state index >= 15 is 0 Å². The van der Waals surface area contributed by atoms with Crippen molar-refractivity contribution < 1.29 is 23.4 Å². The van der Waals surface area contributed by atoms with Gasteiger partial charge in [0.15, 0.2) is 11.6 Å². The summed E-state index contributed by atoms with van der Waals surface area (Å²) in [5, 5.41) is 0. The van der Waals surface area contributed by atoms with E-state index in [4.69, 9.17) is 14.2 Å². The summed E-state index contributed by atoms with van der Waals surface area (Å²) in [6.07, 6.45) is 22.9. The van der Waals surface area contributed by atoms with Gasteiger partial charge < -0.3 is 14.2 Å². The van der Waals surface area contributed by atoms with Gasteiger partial charge in [-0.1, -0.05) is 110 Å². The maximum absolute atomic E-state index is 14.6. The molecule has 2 atom stereocenters. The Morgan fingerprint density at radius 1 is 0.690 bits per heavy atom. The summed E-state index contributed by atoms with van der Waals surface area (Å²) in [6, 6.07) is 11.3. The number of rotatable bonds is 21. The number of hydrogen-bond acceptors (Lipinski definition) is 4. The van der Waals surface area contributed by atoms with E-state index in [0.717, 1.165) is 36.8 Å². The Morgan fingerprint density at radius 2 is 1.26 bits per heavy atom. The first-order valence-corrected chi connectivity index (χ1v) is 17.0. The second-order valence-corrected chi connectivity index (χ2v) is 12.1. The van der Waals surface area contributed by atoms with E-state index in [1.165, 1.54) is 108 Å². The molecule has 0 saturated heterocycles. The van der Waals surface area contributed by atoms with Crippen LogP contribution in [0.2, 0.25) is 0 Å². The van der Waals surface area contributed by atoms with Crippen LogP contribution in [-0.2, 0) is 0 Å². The molecule has 2 aromatic carbocycles. The normalized spacial score (nSPS) is 16.7. The number of halogens is 1. The number of carbonyl (C=O) groups is 1. The minimum atomic E-state index is -0.599. The zero-order valence-electron chi connectivity index (χ0n) is 26.3. The van der Waals surface area contributed by atoms with Gasteiger partial charge in [0.05, 0.1) is 18.8 Å². The third-order valence-corrected chi connectivity index (χ3v) is 8.69. The molecule has 0 amide bonds. The first-order valence-electron chi connectivity index (χ1n) is 17.0. The molecule has 0 heterocycles. The molecule has 1 aliphatic carbocycles. The maximum Gasteiger partial charge on any atom is 0.343 e. The van der Waals surface area contributed by atoms with Gasteiger partial charge in [-0.2, -0.15) is 0 Å². The minimum absolute atomic E-state index is 0.156. The lowest BCUT2D eigenvalue weighted by Gasteiger charge is -2.31. The number of unbranched alkanes of at least 4 members (excludes halogenated alkanes) is 9. The molecule has 0 radical (unpaired) electrons. The summed E-state index contributed by atoms with van der Waals surface area (Å²) in [5.41, 5.74) is 0.156. The smallest absolute Gasteiger partial charge is 0.343 e. The molecule has 5 heteroatoms. The Bertz CT molecular complexity index is 1010. The van der Waals surface area contributed by atoms with Crippen molar-refractivity contribution in [2.24, 2.45) is 11.8 Å². The molecule has 0 spiro atoms. The quantitative estimate of drug-likeness (QED) is 0.0834. The van der Waals surface area contributed by atoms with Gasteiger partial charge in [-0.3, -0.25) is 0 Å². The van der Waals surface area contributed by atoms with Crippen molar-refractivity contribution in [3.63, 3.8) is 0 Å². The van der Waals surface area contributed by atoms with E-state index in [1.54, 1.807) is 18.2 Å². The molecule has 2 aromatic rings. The van der Waals surface area contributed by atoms with E-state index in [1.807, 2.05) is 12.1 Å². The van der Waals surface area contributed by atoms with Crippen LogP contribution in [0.3, 0.4) is 0 Å². The Morgan fingerprint density at radius 3 is 1.93 bits per heavy atom. The summed E-state index contributed by atoms with van der Waals surface area (Å²) in [6.45, 7) is 5.68. The van der Waals surface area contributed by atoms with Gasteiger partial charge in [0.1, 0.15) is 11.5 Å². The maximum atomic E-state index is 14.6. The summed E-state index contributed by atoms with van der Waals surface area (Å²) in [5.74, 6) is 1.94. The van der Waals surface area contributed by atoms with Gasteiger partial charge in [0.2, 0.25) is 0 Å². The van der Waals surface area contributed by atoms with Crippen molar-refractivity contribution in [1.82, 2.24) is 0 Å². The van der Waals surface area contributed by atoms with Crippen LogP contribution in [-0.4, -0.2) is 19.2 Å². The monoisotopic (exact) mass is 582 g/mol. The SMILES string of the molecule is CCCCCCCCCCOc1ccc(C(=O)Oc2ccc(OCCCC3CCCCC3CCCCC)cc2)cc1F. The zero-order valence-corrected chi connectivity index (χ0v) is 26.3. The first-order chi connectivity index (χ1) is 20.6. The summed E-state index contributed by atoms with van der Waals surface area (Å²) in [7, 11) is 0. The molecule has 234 valence electrons. The van der Waals surface area contributed by atoms with Gasteiger partial charge in [-0.25, -0.2) is 9.18 Å². The van der Waals surface area contributed by atoms with Crippen LogP contribution in [0.5, 0.6) is 17.2 Å². The standard InChI is InChI=1S/C37H55FO4/c1-3-5-7-8-9-10-11-15-27-41-36-26-21-32(29-35(36)38)37(39)42-34-24-22-33(23-25-34)40-28-16-20-31-19-14-13-18-30(31)17-12-6-4-2/h21-26,29-31H,3-20,27-28H2,1-2H3. The number of carbonyl (C=O) groups excluding carboxylic acids is 1. The predicted octanol–water partition coefficient (Wildman–Crippen LogP) is 11.1. The van der Waals surface area contributed by atoms with Crippen molar-refractivity contribution in [2.45, 2.75) is 129 Å². The van der Waals surface area contributed by atoms with Crippen molar-refractivity contribution in [3.05, 3.63) is 53.8 Å². The van der Waals surface area contributed by atoms with Crippen LogP contribution in [0, 0.1) is 17.7 Å². The molecule has 3 rings (SSSR count). The van der Waals surface area contributed by atoms with Crippen LogP contribution in [0.25, 0.3) is 0 Å². The molecule has 2 unspecified atom stereocenters. The van der Waals surface area contributed by atoms with E-state index < -0.39 is 11.8 Å². The Hall–Kier alpha value is -2.56. The van der Waals surface area contributed by atoms with Crippen LogP contribution in [0.15, 0.2) is 42.5 Å². The molecule has 1 saturated carbocycles.